The fraction of sp³-hybridized carbons (Fsp3) is 0.188. The Kier molecular flexibility index (Phi) is 5.43. The molecule has 0 unspecified atom stereocenters. The standard InChI is InChI=1S/C16H13FN4O3S2/c1-8-13(9(2)22)26-15(18-8)19-12(23)7-25-16-21-20-14(24-16)10-4-3-5-11(17)6-10/h3-6H,7H2,1-2H3,(H,18,19,23). The molecule has 0 saturated carbocycles. The molecule has 0 radical (unpaired) electrons. The highest BCUT2D eigenvalue weighted by Gasteiger charge is 2.15. The smallest absolute Gasteiger partial charge is 0.277 e. The molecule has 0 saturated heterocycles. The van der Waals surface area contributed by atoms with Gasteiger partial charge in [-0.3, -0.25) is 9.59 Å². The summed E-state index contributed by atoms with van der Waals surface area (Å²) in [6.45, 7) is 3.16. The number of carbonyl (C=O) groups excluding carboxylic acids is 2. The van der Waals surface area contributed by atoms with Gasteiger partial charge in [-0.2, -0.15) is 0 Å². The maximum atomic E-state index is 13.2. The van der Waals surface area contributed by atoms with E-state index in [0.717, 1.165) is 23.1 Å². The van der Waals surface area contributed by atoms with Crippen molar-refractivity contribution in [2.45, 2.75) is 19.1 Å². The molecule has 7 nitrogen and oxygen atoms in total. The minimum absolute atomic E-state index is 0.0266. The number of carbonyl (C=O) groups is 2. The summed E-state index contributed by atoms with van der Waals surface area (Å²) >= 11 is 2.18. The fourth-order valence-electron chi connectivity index (χ4n) is 2.07. The van der Waals surface area contributed by atoms with Crippen LogP contribution in [-0.2, 0) is 4.79 Å². The first-order chi connectivity index (χ1) is 12.4. The summed E-state index contributed by atoms with van der Waals surface area (Å²) in [4.78, 5) is 28.1. The molecule has 3 aromatic rings. The number of ketones is 1. The monoisotopic (exact) mass is 392 g/mol. The van der Waals surface area contributed by atoms with Crippen molar-refractivity contribution < 1.29 is 18.4 Å². The second-order valence-corrected chi connectivity index (χ2v) is 7.14. The third-order valence-electron chi connectivity index (χ3n) is 3.17. The number of rotatable bonds is 6. The normalized spacial score (nSPS) is 10.7. The predicted molar refractivity (Wildman–Crippen MR) is 95.9 cm³/mol. The summed E-state index contributed by atoms with van der Waals surface area (Å²) < 4.78 is 18.6. The van der Waals surface area contributed by atoms with Crippen molar-refractivity contribution in [3.8, 4) is 11.5 Å². The average Bonchev–Trinajstić information content (AvgIpc) is 3.20. The lowest BCUT2D eigenvalue weighted by Crippen LogP contribution is -2.13. The molecule has 2 aromatic heterocycles. The molecule has 1 aromatic carbocycles. The highest BCUT2D eigenvalue weighted by molar-refractivity contribution is 7.99. The zero-order valence-electron chi connectivity index (χ0n) is 13.8. The maximum Gasteiger partial charge on any atom is 0.277 e. The molecule has 1 N–H and O–H groups in total. The Hall–Kier alpha value is -2.59. The SMILES string of the molecule is CC(=O)c1sc(NC(=O)CSc2nnc(-c3cccc(F)c3)o2)nc1C. The van der Waals surface area contributed by atoms with Crippen LogP contribution in [0.4, 0.5) is 9.52 Å². The summed E-state index contributed by atoms with van der Waals surface area (Å²) in [5.41, 5.74) is 1.05. The van der Waals surface area contributed by atoms with E-state index in [1.165, 1.54) is 19.1 Å². The number of thiazole rings is 1. The maximum absolute atomic E-state index is 13.2. The zero-order valence-corrected chi connectivity index (χ0v) is 15.4. The topological polar surface area (TPSA) is 98.0 Å². The number of hydrogen-bond donors (Lipinski definition) is 1. The van der Waals surface area contributed by atoms with Gasteiger partial charge in [0.05, 0.1) is 16.3 Å². The molecule has 0 bridgehead atoms. The van der Waals surface area contributed by atoms with Gasteiger partial charge in [0.25, 0.3) is 5.22 Å². The van der Waals surface area contributed by atoms with Crippen LogP contribution in [0.1, 0.15) is 22.3 Å². The number of amides is 1. The van der Waals surface area contributed by atoms with E-state index in [1.54, 1.807) is 19.1 Å². The second kappa shape index (κ2) is 7.75. The number of thioether (sulfide) groups is 1. The molecule has 0 fully saturated rings. The fourth-order valence-corrected chi connectivity index (χ4v) is 3.51. The van der Waals surface area contributed by atoms with Crippen molar-refractivity contribution in [2.24, 2.45) is 0 Å². The lowest BCUT2D eigenvalue weighted by Gasteiger charge is -1.98. The molecular formula is C16H13FN4O3S2. The quantitative estimate of drug-likeness (QED) is 0.506. The van der Waals surface area contributed by atoms with E-state index in [1.807, 2.05) is 0 Å². The summed E-state index contributed by atoms with van der Waals surface area (Å²) in [5.74, 6) is -0.610. The molecule has 0 spiro atoms. The van der Waals surface area contributed by atoms with Gasteiger partial charge in [-0.25, -0.2) is 9.37 Å². The van der Waals surface area contributed by atoms with Gasteiger partial charge in [-0.15, -0.1) is 10.2 Å². The average molecular weight is 392 g/mol. The Morgan fingerprint density at radius 2 is 2.15 bits per heavy atom. The Morgan fingerprint density at radius 3 is 2.85 bits per heavy atom. The lowest BCUT2D eigenvalue weighted by molar-refractivity contribution is -0.113. The minimum atomic E-state index is -0.405. The van der Waals surface area contributed by atoms with Crippen LogP contribution in [0.2, 0.25) is 0 Å². The molecule has 1 amide bonds. The predicted octanol–water partition coefficient (Wildman–Crippen LogP) is 3.57. The van der Waals surface area contributed by atoms with Crippen LogP contribution >= 0.6 is 23.1 Å². The molecule has 0 aliphatic carbocycles. The third-order valence-corrected chi connectivity index (χ3v) is 5.16. The van der Waals surface area contributed by atoms with Crippen LogP contribution in [0, 0.1) is 12.7 Å². The molecule has 26 heavy (non-hydrogen) atoms. The number of halogens is 1. The van der Waals surface area contributed by atoms with Crippen molar-refractivity contribution in [3.63, 3.8) is 0 Å². The number of nitrogens with zero attached hydrogens (tertiary/aromatic N) is 3. The van der Waals surface area contributed by atoms with Crippen LogP contribution < -0.4 is 5.32 Å². The molecule has 2 heterocycles. The third kappa shape index (κ3) is 4.33. The Bertz CT molecular complexity index is 970. The van der Waals surface area contributed by atoms with E-state index in [-0.39, 0.29) is 28.6 Å². The largest absolute Gasteiger partial charge is 0.411 e. The Morgan fingerprint density at radius 1 is 1.35 bits per heavy atom. The minimum Gasteiger partial charge on any atom is -0.411 e. The molecule has 0 aliphatic heterocycles. The van der Waals surface area contributed by atoms with Gasteiger partial charge < -0.3 is 9.73 Å². The molecule has 0 atom stereocenters. The van der Waals surface area contributed by atoms with Crippen molar-refractivity contribution in [1.82, 2.24) is 15.2 Å². The zero-order chi connectivity index (χ0) is 18.7. The van der Waals surface area contributed by atoms with Gasteiger partial charge in [0, 0.05) is 12.5 Å². The Labute approximate surface area is 156 Å². The van der Waals surface area contributed by atoms with Gasteiger partial charge in [-0.1, -0.05) is 29.2 Å². The van der Waals surface area contributed by atoms with Crippen LogP contribution in [0.5, 0.6) is 0 Å². The highest BCUT2D eigenvalue weighted by atomic mass is 32.2. The Balaban J connectivity index is 1.58. The summed E-state index contributed by atoms with van der Waals surface area (Å²) in [6.07, 6.45) is 0. The lowest BCUT2D eigenvalue weighted by atomic mass is 10.2. The van der Waals surface area contributed by atoms with E-state index in [4.69, 9.17) is 4.42 Å². The van der Waals surface area contributed by atoms with Crippen molar-refractivity contribution in [3.05, 3.63) is 40.7 Å². The first-order valence-corrected chi connectivity index (χ1v) is 9.23. The van der Waals surface area contributed by atoms with Gasteiger partial charge in [0.2, 0.25) is 11.8 Å². The number of anilines is 1. The van der Waals surface area contributed by atoms with Crippen molar-refractivity contribution >= 4 is 39.9 Å². The van der Waals surface area contributed by atoms with Gasteiger partial charge in [-0.05, 0) is 25.1 Å². The van der Waals surface area contributed by atoms with E-state index in [2.05, 4.69) is 20.5 Å². The van der Waals surface area contributed by atoms with Gasteiger partial charge >= 0.3 is 0 Å². The number of aryl methyl sites for hydroxylation is 1. The first kappa shape index (κ1) is 18.2. The first-order valence-electron chi connectivity index (χ1n) is 7.43. The van der Waals surface area contributed by atoms with E-state index in [0.29, 0.717) is 21.3 Å². The van der Waals surface area contributed by atoms with E-state index < -0.39 is 5.82 Å². The molecule has 3 rings (SSSR count). The number of benzene rings is 1. The molecule has 10 heteroatoms. The number of nitrogens with one attached hydrogen (secondary N) is 1. The summed E-state index contributed by atoms with van der Waals surface area (Å²) in [6, 6.07) is 5.79. The summed E-state index contributed by atoms with van der Waals surface area (Å²) in [7, 11) is 0. The summed E-state index contributed by atoms with van der Waals surface area (Å²) in [5, 5.41) is 10.9. The van der Waals surface area contributed by atoms with Crippen LogP contribution in [0.15, 0.2) is 33.9 Å². The van der Waals surface area contributed by atoms with Gasteiger partial charge in [0.1, 0.15) is 5.82 Å². The van der Waals surface area contributed by atoms with Crippen LogP contribution in [-0.4, -0.2) is 32.6 Å². The van der Waals surface area contributed by atoms with Gasteiger partial charge in [0.15, 0.2) is 10.9 Å². The number of hydrogen-bond acceptors (Lipinski definition) is 8. The van der Waals surface area contributed by atoms with E-state index >= 15 is 0 Å². The second-order valence-electron chi connectivity index (χ2n) is 5.21. The molecule has 0 aliphatic rings. The van der Waals surface area contributed by atoms with Crippen LogP contribution in [0.3, 0.4) is 0 Å². The molecule has 134 valence electrons. The van der Waals surface area contributed by atoms with Crippen LogP contribution in [0.25, 0.3) is 11.5 Å². The highest BCUT2D eigenvalue weighted by Crippen LogP contribution is 2.25. The van der Waals surface area contributed by atoms with Crippen molar-refractivity contribution in [2.75, 3.05) is 11.1 Å². The number of Topliss-reactive ketones (excluding diaryl/α,β-unsaturated/α-hetero) is 1. The van der Waals surface area contributed by atoms with Crippen molar-refractivity contribution in [1.29, 1.82) is 0 Å². The van der Waals surface area contributed by atoms with E-state index in [9.17, 15) is 14.0 Å². The number of aromatic nitrogens is 3. The molecular weight excluding hydrogens is 379 g/mol.